The van der Waals surface area contributed by atoms with E-state index in [1.165, 1.54) is 12.2 Å². The number of rotatable bonds is 6. The minimum Gasteiger partial charge on any atom is -0.457 e. The Labute approximate surface area is 187 Å². The van der Waals surface area contributed by atoms with Crippen molar-refractivity contribution in [2.75, 3.05) is 18.4 Å². The lowest BCUT2D eigenvalue weighted by Crippen LogP contribution is -2.20. The van der Waals surface area contributed by atoms with Crippen molar-refractivity contribution in [2.45, 2.75) is 6.18 Å². The molecular formula is C23H18F3N5O2. The molecule has 168 valence electrons. The van der Waals surface area contributed by atoms with Crippen LogP contribution >= 0.6 is 0 Å². The van der Waals surface area contributed by atoms with Crippen LogP contribution in [-0.4, -0.2) is 34.8 Å². The molecule has 3 aromatic rings. The molecule has 7 nitrogen and oxygen atoms in total. The van der Waals surface area contributed by atoms with Crippen LogP contribution in [0, 0.1) is 0 Å². The number of alkyl halides is 3. The summed E-state index contributed by atoms with van der Waals surface area (Å²) in [4.78, 5) is 24.5. The van der Waals surface area contributed by atoms with Gasteiger partial charge in [-0.25, -0.2) is 4.98 Å². The van der Waals surface area contributed by atoms with E-state index in [9.17, 15) is 18.0 Å². The van der Waals surface area contributed by atoms with Gasteiger partial charge >= 0.3 is 6.18 Å². The van der Waals surface area contributed by atoms with Gasteiger partial charge in [-0.3, -0.25) is 14.8 Å². The molecule has 10 heteroatoms. The summed E-state index contributed by atoms with van der Waals surface area (Å²) >= 11 is 0. The van der Waals surface area contributed by atoms with Crippen molar-refractivity contribution < 1.29 is 22.7 Å². The minimum atomic E-state index is -4.52. The van der Waals surface area contributed by atoms with Gasteiger partial charge in [0.2, 0.25) is 5.91 Å². The van der Waals surface area contributed by atoms with Crippen LogP contribution in [0.5, 0.6) is 11.5 Å². The molecule has 0 saturated heterocycles. The maximum Gasteiger partial charge on any atom is 0.416 e. The van der Waals surface area contributed by atoms with E-state index in [1.807, 2.05) is 0 Å². The van der Waals surface area contributed by atoms with Crippen molar-refractivity contribution in [2.24, 2.45) is 4.99 Å². The lowest BCUT2D eigenvalue weighted by molar-refractivity contribution is -0.137. The van der Waals surface area contributed by atoms with Crippen LogP contribution in [0.2, 0.25) is 0 Å². The fraction of sp³-hybridized carbons (Fsp3) is 0.130. The summed E-state index contributed by atoms with van der Waals surface area (Å²) in [6.07, 6.45) is 0.821. The Kier molecular flexibility index (Phi) is 6.34. The highest BCUT2D eigenvalue weighted by Gasteiger charge is 2.30. The zero-order chi connectivity index (χ0) is 23.3. The molecule has 0 radical (unpaired) electrons. The first kappa shape index (κ1) is 22.0. The van der Waals surface area contributed by atoms with Gasteiger partial charge < -0.3 is 15.4 Å². The molecule has 2 aromatic heterocycles. The Bertz CT molecular complexity index is 1220. The summed E-state index contributed by atoms with van der Waals surface area (Å²) in [5.74, 6) is 1.03. The number of nitrogens with zero attached hydrogens (tertiary/aromatic N) is 3. The Morgan fingerprint density at radius 3 is 2.67 bits per heavy atom. The lowest BCUT2D eigenvalue weighted by atomic mass is 10.2. The molecule has 0 saturated carbocycles. The predicted octanol–water partition coefficient (Wildman–Crippen LogP) is 4.29. The van der Waals surface area contributed by atoms with E-state index in [0.29, 0.717) is 29.3 Å². The first-order valence-electron chi connectivity index (χ1n) is 9.92. The fourth-order valence-electron chi connectivity index (χ4n) is 3.01. The summed E-state index contributed by atoms with van der Waals surface area (Å²) in [5, 5.41) is 5.47. The van der Waals surface area contributed by atoms with E-state index in [1.54, 1.807) is 42.6 Å². The number of amidine groups is 1. The van der Waals surface area contributed by atoms with Crippen LogP contribution in [0.4, 0.5) is 19.0 Å². The summed E-state index contributed by atoms with van der Waals surface area (Å²) in [7, 11) is 0. The fourth-order valence-corrected chi connectivity index (χ4v) is 3.01. The molecule has 33 heavy (non-hydrogen) atoms. The maximum absolute atomic E-state index is 12.8. The van der Waals surface area contributed by atoms with Gasteiger partial charge in [-0.05, 0) is 42.0 Å². The van der Waals surface area contributed by atoms with Crippen molar-refractivity contribution in [3.8, 4) is 11.5 Å². The number of amides is 1. The molecule has 3 heterocycles. The number of ether oxygens (including phenoxy) is 1. The first-order chi connectivity index (χ1) is 15.9. The molecule has 0 atom stereocenters. The second-order valence-electron chi connectivity index (χ2n) is 6.96. The number of hydrogen-bond acceptors (Lipinski definition) is 6. The molecule has 0 unspecified atom stereocenters. The quantitative estimate of drug-likeness (QED) is 0.544. The molecule has 2 N–H and O–H groups in total. The molecule has 4 rings (SSSR count). The molecule has 1 aromatic carbocycles. The molecule has 0 bridgehead atoms. The summed E-state index contributed by atoms with van der Waals surface area (Å²) < 4.78 is 44.3. The molecule has 0 aliphatic carbocycles. The van der Waals surface area contributed by atoms with Crippen LogP contribution < -0.4 is 15.4 Å². The van der Waals surface area contributed by atoms with Gasteiger partial charge in [0.1, 0.15) is 28.8 Å². The SMILES string of the molecule is O=C(C=Cc1cccc(Oc2ccnc(C3=NCCN3)c2)c1)Nc1cc(C(F)(F)F)ccn1. The van der Waals surface area contributed by atoms with E-state index >= 15 is 0 Å². The normalized spacial score (nSPS) is 13.5. The number of pyridine rings is 2. The van der Waals surface area contributed by atoms with Gasteiger partial charge in [-0.1, -0.05) is 12.1 Å². The zero-order valence-electron chi connectivity index (χ0n) is 17.1. The lowest BCUT2D eigenvalue weighted by Gasteiger charge is -2.08. The van der Waals surface area contributed by atoms with E-state index in [2.05, 4.69) is 25.6 Å². The number of anilines is 1. The predicted molar refractivity (Wildman–Crippen MR) is 117 cm³/mol. The Morgan fingerprint density at radius 1 is 1.06 bits per heavy atom. The maximum atomic E-state index is 12.8. The smallest absolute Gasteiger partial charge is 0.416 e. The van der Waals surface area contributed by atoms with Crippen LogP contribution in [-0.2, 0) is 11.0 Å². The monoisotopic (exact) mass is 453 g/mol. The molecule has 1 aliphatic rings. The van der Waals surface area contributed by atoms with E-state index in [4.69, 9.17) is 4.74 Å². The zero-order valence-corrected chi connectivity index (χ0v) is 17.1. The largest absolute Gasteiger partial charge is 0.457 e. The van der Waals surface area contributed by atoms with E-state index < -0.39 is 17.6 Å². The van der Waals surface area contributed by atoms with Crippen LogP contribution in [0.25, 0.3) is 6.08 Å². The molecule has 0 spiro atoms. The number of carbonyl (C=O) groups excluding carboxylic acids is 1. The van der Waals surface area contributed by atoms with Gasteiger partial charge in [0.25, 0.3) is 0 Å². The van der Waals surface area contributed by atoms with Crippen molar-refractivity contribution in [1.29, 1.82) is 0 Å². The average Bonchev–Trinajstić information content (AvgIpc) is 3.33. The first-order valence-corrected chi connectivity index (χ1v) is 9.92. The topological polar surface area (TPSA) is 88.5 Å². The van der Waals surface area contributed by atoms with Gasteiger partial charge in [0.05, 0.1) is 12.1 Å². The van der Waals surface area contributed by atoms with Crippen molar-refractivity contribution >= 4 is 23.6 Å². The molecule has 0 fully saturated rings. The van der Waals surface area contributed by atoms with Gasteiger partial charge in [0, 0.05) is 31.1 Å². The number of nitrogens with one attached hydrogen (secondary N) is 2. The van der Waals surface area contributed by atoms with Gasteiger partial charge in [-0.15, -0.1) is 0 Å². The summed E-state index contributed by atoms with van der Waals surface area (Å²) in [6.45, 7) is 1.47. The number of hydrogen-bond donors (Lipinski definition) is 2. The van der Waals surface area contributed by atoms with Crippen molar-refractivity contribution in [3.63, 3.8) is 0 Å². The van der Waals surface area contributed by atoms with E-state index in [-0.39, 0.29) is 5.82 Å². The second-order valence-corrected chi connectivity index (χ2v) is 6.96. The number of halogens is 3. The average molecular weight is 453 g/mol. The summed E-state index contributed by atoms with van der Waals surface area (Å²) in [5.41, 5.74) is 0.452. The molecular weight excluding hydrogens is 435 g/mol. The summed E-state index contributed by atoms with van der Waals surface area (Å²) in [6, 6.07) is 12.1. The third-order valence-electron chi connectivity index (χ3n) is 4.51. The van der Waals surface area contributed by atoms with Crippen LogP contribution in [0.3, 0.4) is 0 Å². The third kappa shape index (κ3) is 5.94. The highest BCUT2D eigenvalue weighted by atomic mass is 19.4. The highest BCUT2D eigenvalue weighted by molar-refractivity contribution is 6.01. The Morgan fingerprint density at radius 2 is 1.88 bits per heavy atom. The van der Waals surface area contributed by atoms with E-state index in [0.717, 1.165) is 30.7 Å². The van der Waals surface area contributed by atoms with Gasteiger partial charge in [-0.2, -0.15) is 13.2 Å². The third-order valence-corrected chi connectivity index (χ3v) is 4.51. The van der Waals surface area contributed by atoms with Crippen LogP contribution in [0.1, 0.15) is 16.8 Å². The number of benzene rings is 1. The molecule has 1 aliphatic heterocycles. The minimum absolute atomic E-state index is 0.189. The second kappa shape index (κ2) is 9.51. The number of aliphatic imine (C=N–C) groups is 1. The molecule has 1 amide bonds. The Hall–Kier alpha value is -4.21. The van der Waals surface area contributed by atoms with Crippen molar-refractivity contribution in [1.82, 2.24) is 15.3 Å². The Balaban J connectivity index is 1.41. The van der Waals surface area contributed by atoms with Crippen LogP contribution in [0.15, 0.2) is 72.0 Å². The standard InChI is InChI=1S/C23H18F3N5O2/c24-23(25,26)16-6-8-28-20(13-16)31-21(32)5-4-15-2-1-3-17(12-15)33-18-7-9-27-19(14-18)22-29-10-11-30-22/h1-9,12-14H,10-11H2,(H,29,30)(H,28,31,32). The number of aromatic nitrogens is 2. The van der Waals surface area contributed by atoms with Gasteiger partial charge in [0.15, 0.2) is 0 Å². The van der Waals surface area contributed by atoms with Crippen molar-refractivity contribution in [3.05, 3.63) is 83.8 Å². The number of carbonyl (C=O) groups is 1. The highest BCUT2D eigenvalue weighted by Crippen LogP contribution is 2.30.